The van der Waals surface area contributed by atoms with Gasteiger partial charge in [0.1, 0.15) is 23.9 Å². The van der Waals surface area contributed by atoms with Crippen molar-refractivity contribution >= 4 is 12.2 Å². The van der Waals surface area contributed by atoms with Gasteiger partial charge in [-0.05, 0) is 49.6 Å². The summed E-state index contributed by atoms with van der Waals surface area (Å²) in [4.78, 5) is 20.7. The van der Waals surface area contributed by atoms with Crippen LogP contribution in [0.25, 0.3) is 16.9 Å². The number of carbonyl (C=O) groups is 1. The molecule has 230 valence electrons. The molecule has 1 atom stereocenters. The quantitative estimate of drug-likeness (QED) is 0.237. The minimum Gasteiger partial charge on any atom is -0.388 e. The van der Waals surface area contributed by atoms with E-state index in [1.807, 2.05) is 62.0 Å². The van der Waals surface area contributed by atoms with E-state index in [1.165, 1.54) is 6.07 Å². The molecule has 11 heteroatoms. The number of hydrogen-bond acceptors (Lipinski definition) is 8. The molecule has 1 amide bonds. The van der Waals surface area contributed by atoms with E-state index < -0.39 is 0 Å². The summed E-state index contributed by atoms with van der Waals surface area (Å²) in [5, 5.41) is 19.7. The van der Waals surface area contributed by atoms with E-state index in [-0.39, 0.29) is 12.4 Å². The van der Waals surface area contributed by atoms with E-state index in [2.05, 4.69) is 30.6 Å². The summed E-state index contributed by atoms with van der Waals surface area (Å²) in [6, 6.07) is 16.9. The predicted molar refractivity (Wildman–Crippen MR) is 166 cm³/mol. The number of nitrogens with one attached hydrogen (secondary N) is 2. The molecule has 0 radical (unpaired) electrons. The number of likely N-dealkylation sites (tertiary alicyclic amines) is 1. The number of amides is 1. The van der Waals surface area contributed by atoms with E-state index in [1.54, 1.807) is 31.6 Å². The van der Waals surface area contributed by atoms with Gasteiger partial charge in [-0.15, -0.1) is 0 Å². The third-order valence-electron chi connectivity index (χ3n) is 6.96. The zero-order valence-electron chi connectivity index (χ0n) is 25.3. The normalized spacial score (nSPS) is 14.2. The van der Waals surface area contributed by atoms with Gasteiger partial charge in [0, 0.05) is 63.4 Å². The highest BCUT2D eigenvalue weighted by Gasteiger charge is 2.21. The van der Waals surface area contributed by atoms with Crippen molar-refractivity contribution < 1.29 is 19.0 Å². The molecular formula is C32H42FN7O3. The van der Waals surface area contributed by atoms with Crippen LogP contribution < -0.4 is 10.6 Å². The van der Waals surface area contributed by atoms with Crippen molar-refractivity contribution in [2.24, 2.45) is 0 Å². The second-order valence-electron chi connectivity index (χ2n) is 9.91. The van der Waals surface area contributed by atoms with Gasteiger partial charge in [0.15, 0.2) is 5.82 Å². The zero-order chi connectivity index (χ0) is 31.0. The maximum absolute atomic E-state index is 12.4. The second-order valence-corrected chi connectivity index (χ2v) is 9.91. The molecule has 0 bridgehead atoms. The molecule has 3 N–H and O–H groups in total. The Labute approximate surface area is 252 Å². The number of halogens is 1. The smallest absolute Gasteiger partial charge is 0.207 e. The fourth-order valence-electron chi connectivity index (χ4n) is 4.62. The van der Waals surface area contributed by atoms with Crippen LogP contribution in [0.1, 0.15) is 30.3 Å². The lowest BCUT2D eigenvalue weighted by atomic mass is 10.1. The molecule has 2 aromatic heterocycles. The number of rotatable bonds is 10. The third-order valence-corrected chi connectivity index (χ3v) is 6.96. The molecular weight excluding hydrogens is 549 g/mol. The summed E-state index contributed by atoms with van der Waals surface area (Å²) < 4.78 is 19.2. The Kier molecular flexibility index (Phi) is 13.7. The Balaban J connectivity index is 0.000000202. The van der Waals surface area contributed by atoms with Gasteiger partial charge >= 0.3 is 0 Å². The predicted octanol–water partition coefficient (Wildman–Crippen LogP) is 4.01. The molecule has 5 rings (SSSR count). The van der Waals surface area contributed by atoms with Crippen molar-refractivity contribution in [3.63, 3.8) is 0 Å². The first-order chi connectivity index (χ1) is 20.9. The summed E-state index contributed by atoms with van der Waals surface area (Å²) >= 11 is 0. The molecule has 0 aliphatic carbocycles. The van der Waals surface area contributed by atoms with E-state index in [0.29, 0.717) is 11.9 Å². The number of aromatic nitrogens is 4. The number of anilines is 1. The molecule has 0 spiro atoms. The lowest BCUT2D eigenvalue weighted by molar-refractivity contribution is -0.110. The summed E-state index contributed by atoms with van der Waals surface area (Å²) in [5.74, 6) is 1.18. The lowest BCUT2D eigenvalue weighted by Crippen LogP contribution is -2.32. The number of carbonyl (C=O) groups excluding carboxylic acids is 1. The molecule has 1 unspecified atom stereocenters. The van der Waals surface area contributed by atoms with Crippen LogP contribution in [0.15, 0.2) is 67.0 Å². The fraction of sp³-hybridized carbons (Fsp3) is 0.375. The number of aliphatic hydroxyl groups is 1. The van der Waals surface area contributed by atoms with Crippen LogP contribution in [0.4, 0.5) is 10.2 Å². The standard InChI is InChI=1S/C16H17N5O.C8H9F.C8H16N2O2/c1-11-15(12-8-18-14(10-22)19-9-12)20-21(16(11)17-2)13-6-4-3-5-7-13;1-2-7-4-3-5-8(9)6-7;1-12-5-4-10-3-2-8(6-10)9-7-11/h3-9,17,22H,10H2,1-2H3;3-6H,2H2,1H3;7-8H,2-6H2,1H3,(H,9,11). The van der Waals surface area contributed by atoms with Crippen LogP contribution in [0.2, 0.25) is 0 Å². The van der Waals surface area contributed by atoms with E-state index in [0.717, 1.165) is 79.4 Å². The Morgan fingerprint density at radius 2 is 1.88 bits per heavy atom. The number of para-hydroxylation sites is 1. The first-order valence-corrected chi connectivity index (χ1v) is 14.3. The minimum absolute atomic E-state index is 0.144. The molecule has 0 saturated carbocycles. The Hall–Kier alpha value is -4.19. The first-order valence-electron chi connectivity index (χ1n) is 14.3. The lowest BCUT2D eigenvalue weighted by Gasteiger charge is -2.14. The van der Waals surface area contributed by atoms with Gasteiger partial charge in [0.05, 0.1) is 12.3 Å². The summed E-state index contributed by atoms with van der Waals surface area (Å²) in [5.41, 5.74) is 4.69. The maximum atomic E-state index is 12.4. The Morgan fingerprint density at radius 1 is 1.14 bits per heavy atom. The molecule has 4 aromatic rings. The summed E-state index contributed by atoms with van der Waals surface area (Å²) in [6.45, 7) is 7.61. The molecule has 2 aromatic carbocycles. The van der Waals surface area contributed by atoms with Crippen molar-refractivity contribution in [3.8, 4) is 16.9 Å². The average molecular weight is 592 g/mol. The van der Waals surface area contributed by atoms with Crippen LogP contribution in [0.3, 0.4) is 0 Å². The van der Waals surface area contributed by atoms with E-state index in [4.69, 9.17) is 9.84 Å². The van der Waals surface area contributed by atoms with Crippen LogP contribution in [-0.4, -0.2) is 82.6 Å². The number of aryl methyl sites for hydroxylation is 1. The van der Waals surface area contributed by atoms with Crippen molar-refractivity contribution in [2.45, 2.75) is 39.3 Å². The number of nitrogens with zero attached hydrogens (tertiary/aromatic N) is 5. The number of hydrogen-bond donors (Lipinski definition) is 3. The third kappa shape index (κ3) is 9.95. The minimum atomic E-state index is -0.167. The van der Waals surface area contributed by atoms with Crippen LogP contribution in [0.5, 0.6) is 0 Å². The summed E-state index contributed by atoms with van der Waals surface area (Å²) in [7, 11) is 3.58. The maximum Gasteiger partial charge on any atom is 0.207 e. The number of ether oxygens (including phenoxy) is 1. The van der Waals surface area contributed by atoms with E-state index >= 15 is 0 Å². The Morgan fingerprint density at radius 3 is 2.47 bits per heavy atom. The molecule has 1 aliphatic heterocycles. The Bertz CT molecular complexity index is 1380. The highest BCUT2D eigenvalue weighted by molar-refractivity contribution is 5.69. The fourth-order valence-corrected chi connectivity index (χ4v) is 4.62. The SMILES string of the molecule is CCc1cccc(F)c1.CNc1c(C)c(-c2cnc(CO)nc2)nn1-c1ccccc1.COCCN1CCC(NC=O)C1. The summed E-state index contributed by atoms with van der Waals surface area (Å²) in [6.07, 6.45) is 6.11. The molecule has 43 heavy (non-hydrogen) atoms. The van der Waals surface area contributed by atoms with Crippen molar-refractivity contribution in [3.05, 3.63) is 89.8 Å². The van der Waals surface area contributed by atoms with Crippen LogP contribution >= 0.6 is 0 Å². The highest BCUT2D eigenvalue weighted by atomic mass is 19.1. The van der Waals surface area contributed by atoms with Crippen LogP contribution in [-0.2, 0) is 22.6 Å². The highest BCUT2D eigenvalue weighted by Crippen LogP contribution is 2.29. The van der Waals surface area contributed by atoms with Gasteiger partial charge in [-0.2, -0.15) is 5.10 Å². The van der Waals surface area contributed by atoms with Gasteiger partial charge in [0.2, 0.25) is 6.41 Å². The van der Waals surface area contributed by atoms with Crippen molar-refractivity contribution in [2.75, 3.05) is 45.7 Å². The second kappa shape index (κ2) is 17.7. The average Bonchev–Trinajstić information content (AvgIpc) is 3.64. The van der Waals surface area contributed by atoms with Gasteiger partial charge in [-0.3, -0.25) is 9.69 Å². The van der Waals surface area contributed by atoms with Crippen LogP contribution in [0, 0.1) is 12.7 Å². The molecule has 1 aliphatic rings. The largest absolute Gasteiger partial charge is 0.388 e. The molecule has 10 nitrogen and oxygen atoms in total. The first kappa shape index (κ1) is 33.3. The molecule has 3 heterocycles. The van der Waals surface area contributed by atoms with Crippen molar-refractivity contribution in [1.29, 1.82) is 0 Å². The zero-order valence-corrected chi connectivity index (χ0v) is 25.3. The molecule has 1 saturated heterocycles. The van der Waals surface area contributed by atoms with Gasteiger partial charge in [0.25, 0.3) is 0 Å². The van der Waals surface area contributed by atoms with Gasteiger partial charge in [-0.1, -0.05) is 37.3 Å². The number of aliphatic hydroxyl groups excluding tert-OH is 1. The van der Waals surface area contributed by atoms with Crippen molar-refractivity contribution in [1.82, 2.24) is 30.0 Å². The number of methoxy groups -OCH3 is 1. The number of benzene rings is 2. The molecule has 1 fully saturated rings. The van der Waals surface area contributed by atoms with Gasteiger partial charge in [-0.25, -0.2) is 19.0 Å². The van der Waals surface area contributed by atoms with E-state index in [9.17, 15) is 9.18 Å². The monoisotopic (exact) mass is 591 g/mol. The van der Waals surface area contributed by atoms with Gasteiger partial charge < -0.3 is 20.5 Å². The topological polar surface area (TPSA) is 117 Å².